The van der Waals surface area contributed by atoms with Gasteiger partial charge in [0.1, 0.15) is 12.1 Å². The number of nitrogens with zero attached hydrogens (tertiary/aromatic N) is 5. The first-order valence-corrected chi connectivity index (χ1v) is 8.42. The van der Waals surface area contributed by atoms with Gasteiger partial charge >= 0.3 is 0 Å². The van der Waals surface area contributed by atoms with Gasteiger partial charge in [0.25, 0.3) is 0 Å². The summed E-state index contributed by atoms with van der Waals surface area (Å²) in [5.41, 5.74) is 1.77. The van der Waals surface area contributed by atoms with Crippen molar-refractivity contribution < 1.29 is 9.18 Å². The van der Waals surface area contributed by atoms with Crippen LogP contribution in [0.2, 0.25) is 0 Å². The van der Waals surface area contributed by atoms with Crippen molar-refractivity contribution in [2.75, 3.05) is 5.32 Å². The Morgan fingerprint density at radius 3 is 2.68 bits per heavy atom. The van der Waals surface area contributed by atoms with Crippen molar-refractivity contribution in [2.24, 2.45) is 0 Å². The van der Waals surface area contributed by atoms with Gasteiger partial charge < -0.3 is 0 Å². The van der Waals surface area contributed by atoms with Crippen molar-refractivity contribution in [1.82, 2.24) is 24.5 Å². The number of nitrogens with one attached hydrogen (secondary N) is 1. The molecule has 2 aromatic heterocycles. The third-order valence-corrected chi connectivity index (χ3v) is 4.28. The monoisotopic (exact) mass is 406 g/mol. The molecule has 7 nitrogen and oxygen atoms in total. The number of hydrogen-bond donors (Lipinski definition) is 1. The normalized spacial score (nSPS) is 10.8. The Bertz CT molecular complexity index is 854. The molecule has 0 saturated heterocycles. The fraction of sp³-hybridized carbons (Fsp3) is 0.250. The lowest BCUT2D eigenvalue weighted by Gasteiger charge is -2.02. The minimum absolute atomic E-state index is 0.191. The summed E-state index contributed by atoms with van der Waals surface area (Å²) in [5.74, 6) is -0.233. The molecule has 1 aromatic carbocycles. The highest BCUT2D eigenvalue weighted by Crippen LogP contribution is 2.13. The van der Waals surface area contributed by atoms with Crippen LogP contribution in [0.25, 0.3) is 0 Å². The zero-order chi connectivity index (χ0) is 17.8. The van der Waals surface area contributed by atoms with Crippen LogP contribution in [-0.4, -0.2) is 30.5 Å². The summed E-state index contributed by atoms with van der Waals surface area (Å²) < 4.78 is 17.1. The third-order valence-electron chi connectivity index (χ3n) is 3.50. The zero-order valence-electron chi connectivity index (χ0n) is 13.5. The van der Waals surface area contributed by atoms with Crippen LogP contribution in [0.3, 0.4) is 0 Å². The van der Waals surface area contributed by atoms with Crippen LogP contribution in [0.4, 0.5) is 10.3 Å². The Morgan fingerprint density at radius 1 is 1.24 bits per heavy atom. The number of amides is 1. The van der Waals surface area contributed by atoms with E-state index in [0.29, 0.717) is 13.1 Å². The van der Waals surface area contributed by atoms with Gasteiger partial charge in [-0.15, -0.1) is 5.10 Å². The molecular formula is C16H16BrFN6O. The minimum atomic E-state index is -0.283. The quantitative estimate of drug-likeness (QED) is 0.682. The van der Waals surface area contributed by atoms with E-state index in [1.54, 1.807) is 21.5 Å². The van der Waals surface area contributed by atoms with Crippen LogP contribution in [-0.2, 0) is 17.9 Å². The molecule has 25 heavy (non-hydrogen) atoms. The van der Waals surface area contributed by atoms with Crippen LogP contribution in [0, 0.1) is 12.7 Å². The second-order valence-corrected chi connectivity index (χ2v) is 6.37. The molecule has 3 rings (SSSR count). The number of carbonyl (C=O) groups is 1. The molecule has 0 saturated carbocycles. The third kappa shape index (κ3) is 4.72. The van der Waals surface area contributed by atoms with E-state index in [1.807, 2.05) is 13.1 Å². The summed E-state index contributed by atoms with van der Waals surface area (Å²) in [4.78, 5) is 16.0. The van der Waals surface area contributed by atoms with Crippen molar-refractivity contribution in [3.8, 4) is 0 Å². The maximum atomic E-state index is 12.9. The highest BCUT2D eigenvalue weighted by Gasteiger charge is 2.08. The molecule has 1 N–H and O–H groups in total. The van der Waals surface area contributed by atoms with Gasteiger partial charge in [-0.3, -0.25) is 14.8 Å². The summed E-state index contributed by atoms with van der Waals surface area (Å²) in [6.45, 7) is 2.80. The van der Waals surface area contributed by atoms with E-state index in [2.05, 4.69) is 36.4 Å². The van der Waals surface area contributed by atoms with Crippen molar-refractivity contribution in [1.29, 1.82) is 0 Å². The Hall–Kier alpha value is -2.55. The van der Waals surface area contributed by atoms with E-state index in [-0.39, 0.29) is 24.1 Å². The average molecular weight is 407 g/mol. The number of aromatic nitrogens is 5. The molecule has 0 radical (unpaired) electrons. The highest BCUT2D eigenvalue weighted by molar-refractivity contribution is 9.10. The van der Waals surface area contributed by atoms with Gasteiger partial charge in [0.05, 0.1) is 16.7 Å². The topological polar surface area (TPSA) is 77.6 Å². The van der Waals surface area contributed by atoms with E-state index in [9.17, 15) is 9.18 Å². The number of carbonyl (C=O) groups excluding carboxylic acids is 1. The van der Waals surface area contributed by atoms with Crippen LogP contribution < -0.4 is 5.32 Å². The first-order chi connectivity index (χ1) is 12.0. The van der Waals surface area contributed by atoms with Crippen LogP contribution in [0.15, 0.2) is 41.3 Å². The summed E-state index contributed by atoms with van der Waals surface area (Å²) in [6, 6.07) is 6.15. The standard InChI is InChI=1S/C16H16BrFN6O/c1-11-14(17)9-23(21-11)7-6-15(25)20-16-19-10-24(22-16)8-12-2-4-13(18)5-3-12/h2-5,9-10H,6-8H2,1H3,(H,20,22,25). The average Bonchev–Trinajstić information content (AvgIpc) is 3.14. The molecule has 0 spiro atoms. The molecule has 9 heteroatoms. The predicted octanol–water partition coefficient (Wildman–Crippen LogP) is 2.76. The molecule has 0 fully saturated rings. The van der Waals surface area contributed by atoms with Crippen molar-refractivity contribution in [3.05, 3.63) is 58.3 Å². The Kier molecular flexibility index (Phi) is 5.22. The largest absolute Gasteiger partial charge is 0.293 e. The molecule has 0 bridgehead atoms. The van der Waals surface area contributed by atoms with Crippen molar-refractivity contribution in [3.63, 3.8) is 0 Å². The Morgan fingerprint density at radius 2 is 2.00 bits per heavy atom. The number of halogens is 2. The lowest BCUT2D eigenvalue weighted by atomic mass is 10.2. The molecule has 1 amide bonds. The first kappa shape index (κ1) is 17.3. The van der Waals surface area contributed by atoms with Gasteiger partial charge in [-0.05, 0) is 40.5 Å². The smallest absolute Gasteiger partial charge is 0.248 e. The highest BCUT2D eigenvalue weighted by atomic mass is 79.9. The minimum Gasteiger partial charge on any atom is -0.293 e. The fourth-order valence-electron chi connectivity index (χ4n) is 2.22. The molecular weight excluding hydrogens is 391 g/mol. The number of hydrogen-bond acceptors (Lipinski definition) is 4. The molecule has 3 aromatic rings. The molecule has 0 unspecified atom stereocenters. The Balaban J connectivity index is 1.51. The molecule has 0 aliphatic carbocycles. The zero-order valence-corrected chi connectivity index (χ0v) is 15.1. The number of aryl methyl sites for hydroxylation is 2. The number of rotatable bonds is 6. The van der Waals surface area contributed by atoms with E-state index in [4.69, 9.17) is 0 Å². The summed E-state index contributed by atoms with van der Waals surface area (Å²) in [5, 5.41) is 11.1. The molecule has 130 valence electrons. The number of benzene rings is 1. The maximum Gasteiger partial charge on any atom is 0.248 e. The summed E-state index contributed by atoms with van der Waals surface area (Å²) >= 11 is 3.38. The maximum absolute atomic E-state index is 12.9. The van der Waals surface area contributed by atoms with Gasteiger partial charge in [-0.2, -0.15) is 5.10 Å². The van der Waals surface area contributed by atoms with Crippen LogP contribution >= 0.6 is 15.9 Å². The first-order valence-electron chi connectivity index (χ1n) is 7.63. The predicted molar refractivity (Wildman–Crippen MR) is 93.4 cm³/mol. The Labute approximate surface area is 152 Å². The van der Waals surface area contributed by atoms with E-state index < -0.39 is 0 Å². The van der Waals surface area contributed by atoms with Gasteiger partial charge in [0, 0.05) is 19.2 Å². The van der Waals surface area contributed by atoms with Crippen molar-refractivity contribution in [2.45, 2.75) is 26.4 Å². The lowest BCUT2D eigenvalue weighted by molar-refractivity contribution is -0.116. The second-order valence-electron chi connectivity index (χ2n) is 5.52. The van der Waals surface area contributed by atoms with Crippen molar-refractivity contribution >= 4 is 27.8 Å². The summed E-state index contributed by atoms with van der Waals surface area (Å²) in [6.07, 6.45) is 3.62. The SMILES string of the molecule is Cc1nn(CCC(=O)Nc2ncn(Cc3ccc(F)cc3)n2)cc1Br. The molecule has 0 aliphatic rings. The van der Waals surface area contributed by atoms with E-state index in [1.165, 1.54) is 18.5 Å². The fourth-order valence-corrected chi connectivity index (χ4v) is 2.53. The van der Waals surface area contributed by atoms with E-state index >= 15 is 0 Å². The summed E-state index contributed by atoms with van der Waals surface area (Å²) in [7, 11) is 0. The van der Waals surface area contributed by atoms with Gasteiger partial charge in [0.2, 0.25) is 11.9 Å². The number of anilines is 1. The van der Waals surface area contributed by atoms with Gasteiger partial charge in [-0.25, -0.2) is 14.1 Å². The molecule has 2 heterocycles. The second kappa shape index (κ2) is 7.56. The van der Waals surface area contributed by atoms with Gasteiger partial charge in [0.15, 0.2) is 0 Å². The van der Waals surface area contributed by atoms with E-state index in [0.717, 1.165) is 15.7 Å². The van der Waals surface area contributed by atoms with Gasteiger partial charge in [-0.1, -0.05) is 12.1 Å². The van der Waals surface area contributed by atoms with Crippen LogP contribution in [0.1, 0.15) is 17.7 Å². The van der Waals surface area contributed by atoms with Crippen LogP contribution in [0.5, 0.6) is 0 Å². The lowest BCUT2D eigenvalue weighted by Crippen LogP contribution is -2.16. The molecule has 0 aliphatic heterocycles. The molecule has 0 atom stereocenters.